The van der Waals surface area contributed by atoms with Crippen LogP contribution in [0.3, 0.4) is 0 Å². The van der Waals surface area contributed by atoms with Crippen LogP contribution in [0.5, 0.6) is 0 Å². The minimum atomic E-state index is -1.08. The van der Waals surface area contributed by atoms with Crippen LogP contribution in [0, 0.1) is 16.0 Å². The van der Waals surface area contributed by atoms with Gasteiger partial charge < -0.3 is 51.3 Å². The highest BCUT2D eigenvalue weighted by Gasteiger charge is 2.20. The van der Waals surface area contributed by atoms with E-state index in [4.69, 9.17) is 0 Å². The van der Waals surface area contributed by atoms with E-state index < -0.39 is 65.8 Å². The molecule has 0 aliphatic heterocycles. The Labute approximate surface area is 299 Å². The number of amides is 1. The number of nitrogens with one attached hydrogen (secondary N) is 1. The molecular weight excluding hydrogens is 668 g/mol. The van der Waals surface area contributed by atoms with Crippen LogP contribution in [-0.2, 0) is 4.79 Å². The number of hydrogen-bond donors (Lipinski definition) is 10. The fourth-order valence-corrected chi connectivity index (χ4v) is 5.28. The maximum atomic E-state index is 12.1. The molecule has 0 heterocycles. The lowest BCUT2D eigenvalue weighted by atomic mass is 9.97. The number of aliphatic hydroxyl groups excluding tert-OH is 9. The standard InChI is InChI=1S/C36H58N2O13/c1-23(2)35(48)22-34(47)21-33(46)19-29(42)9-4-8-28(41)18-32(45)20-31(44)17-27(40)7-3-6-26(39)16-30(43)10-5-15-37-36(49)24-11-13-25(14-12-24)38(50)51/h3-4,7,9,11-14,23,26-34,39-47H,5-6,8,10,15-22H2,1-2H3,(H,37,49). The Morgan fingerprint density at radius 2 is 1.14 bits per heavy atom. The molecule has 51 heavy (non-hydrogen) atoms. The van der Waals surface area contributed by atoms with Crippen molar-refractivity contribution in [1.82, 2.24) is 5.32 Å². The highest BCUT2D eigenvalue weighted by Crippen LogP contribution is 2.16. The molecule has 0 fully saturated rings. The molecule has 0 aliphatic carbocycles. The second kappa shape index (κ2) is 25.0. The summed E-state index contributed by atoms with van der Waals surface area (Å²) in [4.78, 5) is 34.0. The van der Waals surface area contributed by atoms with E-state index in [0.717, 1.165) is 0 Å². The molecule has 1 aromatic carbocycles. The zero-order valence-corrected chi connectivity index (χ0v) is 29.5. The molecule has 9 atom stereocenters. The third-order valence-electron chi connectivity index (χ3n) is 8.16. The Balaban J connectivity index is 2.24. The molecule has 0 aromatic heterocycles. The lowest BCUT2D eigenvalue weighted by Gasteiger charge is -2.19. The van der Waals surface area contributed by atoms with Gasteiger partial charge in [0.15, 0.2) is 0 Å². The zero-order valence-electron chi connectivity index (χ0n) is 29.5. The molecule has 1 rings (SSSR count). The van der Waals surface area contributed by atoms with Crippen molar-refractivity contribution < 1.29 is 60.5 Å². The summed E-state index contributed by atoms with van der Waals surface area (Å²) in [6.07, 6.45) is -2.62. The van der Waals surface area contributed by atoms with Gasteiger partial charge in [0.1, 0.15) is 5.78 Å². The van der Waals surface area contributed by atoms with Gasteiger partial charge in [0.25, 0.3) is 11.6 Å². The van der Waals surface area contributed by atoms with E-state index in [2.05, 4.69) is 5.32 Å². The van der Waals surface area contributed by atoms with E-state index >= 15 is 0 Å². The summed E-state index contributed by atoms with van der Waals surface area (Å²) in [7, 11) is 0. The van der Waals surface area contributed by atoms with E-state index in [1.54, 1.807) is 13.8 Å². The Hall–Kier alpha value is -3.12. The number of nitrogens with zero attached hydrogens (tertiary/aromatic N) is 1. The van der Waals surface area contributed by atoms with Crippen molar-refractivity contribution in [2.24, 2.45) is 5.92 Å². The number of non-ortho nitro benzene ring substituents is 1. The van der Waals surface area contributed by atoms with Gasteiger partial charge in [-0.05, 0) is 63.5 Å². The highest BCUT2D eigenvalue weighted by atomic mass is 16.6. The fourth-order valence-electron chi connectivity index (χ4n) is 5.28. The Kier molecular flexibility index (Phi) is 22.5. The molecule has 0 bridgehead atoms. The van der Waals surface area contributed by atoms with Gasteiger partial charge in [-0.2, -0.15) is 0 Å². The number of ketones is 1. The van der Waals surface area contributed by atoms with Crippen LogP contribution >= 0.6 is 0 Å². The summed E-state index contributed by atoms with van der Waals surface area (Å²) >= 11 is 0. The second-order valence-corrected chi connectivity index (χ2v) is 13.5. The predicted octanol–water partition coefficient (Wildman–Crippen LogP) is 1.20. The molecule has 1 aromatic rings. The van der Waals surface area contributed by atoms with Gasteiger partial charge in [-0.15, -0.1) is 0 Å². The number of hydrogen-bond acceptors (Lipinski definition) is 13. The van der Waals surface area contributed by atoms with E-state index in [1.807, 2.05) is 0 Å². The van der Waals surface area contributed by atoms with Crippen molar-refractivity contribution in [1.29, 1.82) is 0 Å². The maximum Gasteiger partial charge on any atom is 0.269 e. The Bertz CT molecular complexity index is 1210. The van der Waals surface area contributed by atoms with Crippen molar-refractivity contribution in [3.8, 4) is 0 Å². The molecule has 15 heteroatoms. The molecule has 10 N–H and O–H groups in total. The van der Waals surface area contributed by atoms with Crippen molar-refractivity contribution in [3.05, 3.63) is 64.2 Å². The van der Waals surface area contributed by atoms with Gasteiger partial charge in [-0.25, -0.2) is 0 Å². The Morgan fingerprint density at radius 1 is 0.686 bits per heavy atom. The molecule has 0 saturated heterocycles. The molecular formula is C36H58N2O13. The van der Waals surface area contributed by atoms with E-state index in [0.29, 0.717) is 12.8 Å². The third-order valence-corrected chi connectivity index (χ3v) is 8.16. The Morgan fingerprint density at radius 3 is 1.63 bits per heavy atom. The van der Waals surface area contributed by atoms with Gasteiger partial charge in [-0.3, -0.25) is 19.7 Å². The van der Waals surface area contributed by atoms with Gasteiger partial charge in [0.2, 0.25) is 0 Å². The number of carbonyl (C=O) groups excluding carboxylic acids is 2. The maximum absolute atomic E-state index is 12.1. The van der Waals surface area contributed by atoms with Gasteiger partial charge in [-0.1, -0.05) is 38.2 Å². The van der Waals surface area contributed by atoms with Gasteiger partial charge in [0.05, 0.1) is 59.9 Å². The first kappa shape index (κ1) is 45.9. The van der Waals surface area contributed by atoms with Crippen LogP contribution in [-0.4, -0.2) is 124 Å². The van der Waals surface area contributed by atoms with Crippen LogP contribution in [0.2, 0.25) is 0 Å². The molecule has 290 valence electrons. The molecule has 9 unspecified atom stereocenters. The number of rotatable bonds is 27. The largest absolute Gasteiger partial charge is 0.393 e. The van der Waals surface area contributed by atoms with Crippen molar-refractivity contribution >= 4 is 17.4 Å². The average molecular weight is 727 g/mol. The quantitative estimate of drug-likeness (QED) is 0.0265. The van der Waals surface area contributed by atoms with Gasteiger partial charge in [0, 0.05) is 49.4 Å². The SMILES string of the molecule is CC(C)C(=O)CC(O)CC(O)CC(O)C=CCC(O)CC(O)CC(O)CC(O)C=CCC(O)CC(O)CCCNC(=O)c1ccc([N+](=O)[O-])cc1. The lowest BCUT2D eigenvalue weighted by molar-refractivity contribution is -0.384. The van der Waals surface area contributed by atoms with E-state index in [9.17, 15) is 65.7 Å². The number of aliphatic hydroxyl groups is 9. The third kappa shape index (κ3) is 21.8. The van der Waals surface area contributed by atoms with Crippen LogP contribution in [0.4, 0.5) is 5.69 Å². The molecule has 1 amide bonds. The number of benzene rings is 1. The van der Waals surface area contributed by atoms with E-state index in [-0.39, 0.29) is 87.3 Å². The summed E-state index contributed by atoms with van der Waals surface area (Å²) in [6.45, 7) is 3.70. The fraction of sp³-hybridized carbons (Fsp3) is 0.667. The summed E-state index contributed by atoms with van der Waals surface area (Å²) in [5.41, 5.74) is 0.150. The number of carbonyl (C=O) groups is 2. The second-order valence-electron chi connectivity index (χ2n) is 13.5. The first-order valence-corrected chi connectivity index (χ1v) is 17.5. The predicted molar refractivity (Wildman–Crippen MR) is 188 cm³/mol. The molecule has 0 aliphatic rings. The first-order valence-electron chi connectivity index (χ1n) is 17.5. The zero-order chi connectivity index (χ0) is 38.5. The van der Waals surface area contributed by atoms with Crippen LogP contribution < -0.4 is 5.32 Å². The number of Topliss-reactive ketones (excluding diaryl/α,β-unsaturated/α-hetero) is 1. The highest BCUT2D eigenvalue weighted by molar-refractivity contribution is 5.94. The van der Waals surface area contributed by atoms with Crippen LogP contribution in [0.25, 0.3) is 0 Å². The molecule has 0 saturated carbocycles. The lowest BCUT2D eigenvalue weighted by Crippen LogP contribution is -2.26. The number of nitro groups is 1. The van der Waals surface area contributed by atoms with Crippen molar-refractivity contribution in [2.75, 3.05) is 6.54 Å². The first-order chi connectivity index (χ1) is 24.0. The monoisotopic (exact) mass is 726 g/mol. The normalized spacial score (nSPS) is 17.5. The minimum Gasteiger partial charge on any atom is -0.393 e. The smallest absolute Gasteiger partial charge is 0.269 e. The van der Waals surface area contributed by atoms with E-state index in [1.165, 1.54) is 48.6 Å². The summed E-state index contributed by atoms with van der Waals surface area (Å²) in [6, 6.07) is 5.17. The topological polar surface area (TPSA) is 271 Å². The number of nitro benzene ring substituents is 1. The molecule has 0 radical (unpaired) electrons. The summed E-state index contributed by atoms with van der Waals surface area (Å²) in [5, 5.41) is 105. The van der Waals surface area contributed by atoms with Crippen molar-refractivity contribution in [3.63, 3.8) is 0 Å². The summed E-state index contributed by atoms with van der Waals surface area (Å²) < 4.78 is 0. The van der Waals surface area contributed by atoms with Crippen LogP contribution in [0.15, 0.2) is 48.6 Å². The average Bonchev–Trinajstić information content (AvgIpc) is 3.02. The summed E-state index contributed by atoms with van der Waals surface area (Å²) in [5.74, 6) is -0.736. The van der Waals surface area contributed by atoms with Gasteiger partial charge >= 0.3 is 0 Å². The minimum absolute atomic E-state index is 0.0559. The van der Waals surface area contributed by atoms with Crippen LogP contribution in [0.1, 0.15) is 94.8 Å². The molecule has 15 nitrogen and oxygen atoms in total. The van der Waals surface area contributed by atoms with Crippen molar-refractivity contribution in [2.45, 2.75) is 139 Å². The molecule has 0 spiro atoms.